The third-order valence-corrected chi connectivity index (χ3v) is 2.69. The van der Waals surface area contributed by atoms with E-state index in [1.165, 1.54) is 11.3 Å². The molecule has 0 radical (unpaired) electrons. The summed E-state index contributed by atoms with van der Waals surface area (Å²) in [6.07, 6.45) is -0.363. The number of anilines is 1. The molecule has 2 N–H and O–H groups in total. The predicted molar refractivity (Wildman–Crippen MR) is 54.0 cm³/mol. The van der Waals surface area contributed by atoms with Crippen LogP contribution in [0.4, 0.5) is 5.69 Å². The first-order valence-corrected chi connectivity index (χ1v) is 4.74. The lowest BCUT2D eigenvalue weighted by molar-refractivity contribution is 0.199. The molecule has 1 aromatic rings. The van der Waals surface area contributed by atoms with E-state index < -0.39 is 0 Å². The molecule has 1 aromatic carbocycles. The fraction of sp³-hybridized carbons (Fsp3) is 0.455. The van der Waals surface area contributed by atoms with Crippen LogP contribution in [0.3, 0.4) is 0 Å². The maximum Gasteiger partial charge on any atom is 0.0762 e. The highest BCUT2D eigenvalue weighted by molar-refractivity contribution is 5.58. The fourth-order valence-electron chi connectivity index (χ4n) is 1.78. The second-order valence-corrected chi connectivity index (χ2v) is 3.80. The normalized spacial score (nSPS) is 22.2. The van der Waals surface area contributed by atoms with Gasteiger partial charge in [-0.3, -0.25) is 0 Å². The summed E-state index contributed by atoms with van der Waals surface area (Å²) in [5.74, 6) is 0.564. The van der Waals surface area contributed by atoms with E-state index in [1.807, 2.05) is 6.07 Å². The molecule has 0 spiro atoms. The lowest BCUT2D eigenvalue weighted by atomic mass is 9.99. The molecule has 0 amide bonds. The molecule has 70 valence electrons. The van der Waals surface area contributed by atoms with Crippen LogP contribution in [0.1, 0.15) is 37.0 Å². The van der Waals surface area contributed by atoms with Crippen LogP contribution in [0.25, 0.3) is 0 Å². The first kappa shape index (κ1) is 8.57. The minimum atomic E-state index is -0.363. The Hall–Kier alpha value is -1.02. The van der Waals surface area contributed by atoms with E-state index in [1.54, 1.807) is 6.92 Å². The lowest BCUT2D eigenvalue weighted by Crippen LogP contribution is -1.96. The zero-order valence-corrected chi connectivity index (χ0v) is 8.04. The van der Waals surface area contributed by atoms with Crippen molar-refractivity contribution >= 4 is 5.69 Å². The van der Waals surface area contributed by atoms with Crippen LogP contribution in [0, 0.1) is 0 Å². The summed E-state index contributed by atoms with van der Waals surface area (Å²) in [4.78, 5) is 0. The van der Waals surface area contributed by atoms with Gasteiger partial charge in [0.05, 0.1) is 6.10 Å². The molecule has 0 fully saturated rings. The molecule has 0 aliphatic carbocycles. The number of hydrogen-bond donors (Lipinski definition) is 2. The summed E-state index contributed by atoms with van der Waals surface area (Å²) >= 11 is 0. The van der Waals surface area contributed by atoms with Crippen molar-refractivity contribution in [1.82, 2.24) is 0 Å². The summed E-state index contributed by atoms with van der Waals surface area (Å²) in [5, 5.41) is 12.8. The minimum absolute atomic E-state index is 0.363. The van der Waals surface area contributed by atoms with Crippen LogP contribution in [-0.4, -0.2) is 11.7 Å². The molecule has 2 unspecified atom stereocenters. The van der Waals surface area contributed by atoms with Gasteiger partial charge in [0, 0.05) is 18.2 Å². The Labute approximate surface area is 78.6 Å². The Balaban J connectivity index is 2.42. The Kier molecular flexibility index (Phi) is 2.00. The van der Waals surface area contributed by atoms with Gasteiger partial charge in [-0.2, -0.15) is 0 Å². The second-order valence-electron chi connectivity index (χ2n) is 3.80. The van der Waals surface area contributed by atoms with Crippen molar-refractivity contribution in [3.63, 3.8) is 0 Å². The zero-order chi connectivity index (χ0) is 9.42. The van der Waals surface area contributed by atoms with Crippen LogP contribution in [0.15, 0.2) is 18.2 Å². The third-order valence-electron chi connectivity index (χ3n) is 2.69. The first-order chi connectivity index (χ1) is 6.18. The summed E-state index contributed by atoms with van der Waals surface area (Å²) in [6, 6.07) is 6.14. The van der Waals surface area contributed by atoms with Crippen LogP contribution in [-0.2, 0) is 0 Å². The molecule has 2 heteroatoms. The number of hydrogen-bond acceptors (Lipinski definition) is 2. The van der Waals surface area contributed by atoms with Crippen molar-refractivity contribution in [3.8, 4) is 0 Å². The average molecular weight is 177 g/mol. The van der Waals surface area contributed by atoms with Crippen molar-refractivity contribution in [2.24, 2.45) is 0 Å². The van der Waals surface area contributed by atoms with Crippen LogP contribution in [0.5, 0.6) is 0 Å². The minimum Gasteiger partial charge on any atom is -0.389 e. The van der Waals surface area contributed by atoms with Gasteiger partial charge in [-0.05, 0) is 24.1 Å². The molecular formula is C11H15NO. The largest absolute Gasteiger partial charge is 0.389 e. The lowest BCUT2D eigenvalue weighted by Gasteiger charge is -2.08. The molecule has 0 aromatic heterocycles. The van der Waals surface area contributed by atoms with E-state index in [0.29, 0.717) is 5.92 Å². The Morgan fingerprint density at radius 2 is 2.31 bits per heavy atom. The molecule has 0 saturated heterocycles. The number of fused-ring (bicyclic) bond motifs is 1. The highest BCUT2D eigenvalue weighted by atomic mass is 16.3. The Bertz CT molecular complexity index is 320. The van der Waals surface area contributed by atoms with Crippen LogP contribution < -0.4 is 5.32 Å². The molecule has 1 aliphatic rings. The van der Waals surface area contributed by atoms with Crippen molar-refractivity contribution in [2.75, 3.05) is 11.9 Å². The molecule has 2 atom stereocenters. The molecule has 13 heavy (non-hydrogen) atoms. The Morgan fingerprint density at radius 1 is 1.54 bits per heavy atom. The van der Waals surface area contributed by atoms with E-state index in [9.17, 15) is 5.11 Å². The highest BCUT2D eigenvalue weighted by Gasteiger charge is 2.18. The van der Waals surface area contributed by atoms with Crippen LogP contribution >= 0.6 is 0 Å². The fourth-order valence-corrected chi connectivity index (χ4v) is 1.78. The van der Waals surface area contributed by atoms with Gasteiger partial charge in [0.1, 0.15) is 0 Å². The molecule has 1 heterocycles. The van der Waals surface area contributed by atoms with Crippen molar-refractivity contribution in [2.45, 2.75) is 25.9 Å². The number of benzene rings is 1. The van der Waals surface area contributed by atoms with Gasteiger partial charge in [-0.25, -0.2) is 0 Å². The van der Waals surface area contributed by atoms with Crippen molar-refractivity contribution in [3.05, 3.63) is 29.3 Å². The summed E-state index contributed by atoms with van der Waals surface area (Å²) in [6.45, 7) is 5.01. The van der Waals surface area contributed by atoms with E-state index in [2.05, 4.69) is 24.4 Å². The third kappa shape index (κ3) is 1.42. The van der Waals surface area contributed by atoms with E-state index in [0.717, 1.165) is 12.1 Å². The maximum atomic E-state index is 9.42. The van der Waals surface area contributed by atoms with Crippen molar-refractivity contribution in [1.29, 1.82) is 0 Å². The topological polar surface area (TPSA) is 32.3 Å². The molecule has 0 saturated carbocycles. The first-order valence-electron chi connectivity index (χ1n) is 4.74. The second kappa shape index (κ2) is 3.04. The number of rotatable bonds is 1. The zero-order valence-electron chi connectivity index (χ0n) is 8.04. The summed E-state index contributed by atoms with van der Waals surface area (Å²) in [7, 11) is 0. The molecule has 2 rings (SSSR count). The maximum absolute atomic E-state index is 9.42. The molecule has 2 nitrogen and oxygen atoms in total. The highest BCUT2D eigenvalue weighted by Crippen LogP contribution is 2.32. The molecule has 0 bridgehead atoms. The smallest absolute Gasteiger partial charge is 0.0762 e. The van der Waals surface area contributed by atoms with Gasteiger partial charge in [0.15, 0.2) is 0 Å². The monoisotopic (exact) mass is 177 g/mol. The summed E-state index contributed by atoms with van der Waals surface area (Å²) < 4.78 is 0. The van der Waals surface area contributed by atoms with Gasteiger partial charge in [0.25, 0.3) is 0 Å². The number of aliphatic hydroxyl groups is 1. The van der Waals surface area contributed by atoms with Crippen LogP contribution in [0.2, 0.25) is 0 Å². The summed E-state index contributed by atoms with van der Waals surface area (Å²) in [5.41, 5.74) is 3.56. The van der Waals surface area contributed by atoms with Crippen molar-refractivity contribution < 1.29 is 5.11 Å². The standard InChI is InChI=1S/C11H15NO/c1-7-6-12-11-4-3-9(8(2)13)5-10(7)11/h3-5,7-8,12-13H,6H2,1-2H3. The van der Waals surface area contributed by atoms with Gasteiger partial charge < -0.3 is 10.4 Å². The van der Waals surface area contributed by atoms with Gasteiger partial charge in [-0.1, -0.05) is 19.1 Å². The van der Waals surface area contributed by atoms with E-state index >= 15 is 0 Å². The average Bonchev–Trinajstić information content (AvgIpc) is 2.47. The number of aliphatic hydroxyl groups excluding tert-OH is 1. The quantitative estimate of drug-likeness (QED) is 0.689. The number of nitrogens with one attached hydrogen (secondary N) is 1. The van der Waals surface area contributed by atoms with E-state index in [-0.39, 0.29) is 6.10 Å². The SMILES string of the molecule is CC(O)c1ccc2c(c1)C(C)CN2. The molecule has 1 aliphatic heterocycles. The van der Waals surface area contributed by atoms with Gasteiger partial charge >= 0.3 is 0 Å². The Morgan fingerprint density at radius 3 is 3.00 bits per heavy atom. The predicted octanol–water partition coefficient (Wildman–Crippen LogP) is 2.27. The van der Waals surface area contributed by atoms with Gasteiger partial charge in [-0.15, -0.1) is 0 Å². The molecular weight excluding hydrogens is 162 g/mol. The van der Waals surface area contributed by atoms with Gasteiger partial charge in [0.2, 0.25) is 0 Å². The van der Waals surface area contributed by atoms with E-state index in [4.69, 9.17) is 0 Å².